The third kappa shape index (κ3) is 2.75. The molecular weight excluding hydrogens is 312 g/mol. The lowest BCUT2D eigenvalue weighted by Crippen LogP contribution is -2.49. The molecule has 4 nitrogen and oxygen atoms in total. The van der Waals surface area contributed by atoms with Crippen molar-refractivity contribution in [3.05, 3.63) is 23.7 Å². The van der Waals surface area contributed by atoms with Crippen LogP contribution in [0.1, 0.15) is 39.5 Å². The van der Waals surface area contributed by atoms with Crippen LogP contribution in [0, 0.1) is 0 Å². The van der Waals surface area contributed by atoms with Crippen molar-refractivity contribution in [1.82, 2.24) is 9.80 Å². The Labute approximate surface area is 142 Å². The third-order valence-corrected chi connectivity index (χ3v) is 6.03. The third-order valence-electron chi connectivity index (χ3n) is 6.03. The van der Waals surface area contributed by atoms with E-state index in [1.54, 1.807) is 0 Å². The van der Waals surface area contributed by atoms with Gasteiger partial charge in [-0.05, 0) is 51.6 Å². The van der Waals surface area contributed by atoms with E-state index in [9.17, 15) is 8.78 Å². The molecule has 0 aromatic carbocycles. The lowest BCUT2D eigenvalue weighted by Gasteiger charge is -2.37. The fourth-order valence-corrected chi connectivity index (χ4v) is 4.30. The second-order valence-corrected chi connectivity index (χ2v) is 7.27. The largest absolute Gasteiger partial charge is 0.463 e. The van der Waals surface area contributed by atoms with Gasteiger partial charge in [0.05, 0.1) is 11.6 Å². The van der Waals surface area contributed by atoms with Crippen molar-refractivity contribution in [2.45, 2.75) is 57.2 Å². The Morgan fingerprint density at radius 1 is 1.46 bits per heavy atom. The first kappa shape index (κ1) is 17.4. The van der Waals surface area contributed by atoms with Crippen molar-refractivity contribution in [3.8, 4) is 0 Å². The highest BCUT2D eigenvalue weighted by Crippen LogP contribution is 2.43. The Bertz CT molecular complexity index is 589. The van der Waals surface area contributed by atoms with Crippen LogP contribution in [0.5, 0.6) is 0 Å². The molecule has 3 atom stereocenters. The van der Waals surface area contributed by atoms with Gasteiger partial charge in [-0.15, -0.1) is 0 Å². The SMILES string of the molecule is C=C(F)C1=C(C)[C@H](C)N(C)C(OCC23CCCN2C(CF)CC3)=N1. The Morgan fingerprint density at radius 3 is 2.88 bits per heavy atom. The summed E-state index contributed by atoms with van der Waals surface area (Å²) in [4.78, 5) is 8.53. The van der Waals surface area contributed by atoms with Crippen LogP contribution in [0.4, 0.5) is 8.78 Å². The summed E-state index contributed by atoms with van der Waals surface area (Å²) in [5.41, 5.74) is 1.03. The Balaban J connectivity index is 1.76. The summed E-state index contributed by atoms with van der Waals surface area (Å²) in [6.07, 6.45) is 3.92. The molecule has 6 heteroatoms. The van der Waals surface area contributed by atoms with E-state index in [2.05, 4.69) is 16.5 Å². The molecule has 0 aliphatic carbocycles. The molecule has 0 aromatic heterocycles. The van der Waals surface area contributed by atoms with Gasteiger partial charge in [0.2, 0.25) is 0 Å². The van der Waals surface area contributed by atoms with Crippen LogP contribution in [-0.4, -0.2) is 60.3 Å². The van der Waals surface area contributed by atoms with Crippen LogP contribution in [0.15, 0.2) is 28.7 Å². The molecule has 2 unspecified atom stereocenters. The minimum atomic E-state index is -0.535. The quantitative estimate of drug-likeness (QED) is 0.786. The molecule has 24 heavy (non-hydrogen) atoms. The van der Waals surface area contributed by atoms with Crippen molar-refractivity contribution in [1.29, 1.82) is 0 Å². The van der Waals surface area contributed by atoms with Crippen molar-refractivity contribution in [2.75, 3.05) is 26.9 Å². The molecule has 2 saturated heterocycles. The van der Waals surface area contributed by atoms with Crippen LogP contribution in [0.3, 0.4) is 0 Å². The average molecular weight is 339 g/mol. The topological polar surface area (TPSA) is 28.1 Å². The molecule has 2 fully saturated rings. The second-order valence-electron chi connectivity index (χ2n) is 7.27. The summed E-state index contributed by atoms with van der Waals surface area (Å²) in [5.74, 6) is -0.535. The van der Waals surface area contributed by atoms with Gasteiger partial charge in [-0.1, -0.05) is 6.58 Å². The molecule has 0 saturated carbocycles. The van der Waals surface area contributed by atoms with E-state index in [0.717, 1.165) is 37.8 Å². The molecule has 134 valence electrons. The number of halogens is 2. The smallest absolute Gasteiger partial charge is 0.292 e. The number of fused-ring (bicyclic) bond motifs is 1. The number of alkyl halides is 1. The van der Waals surface area contributed by atoms with Crippen LogP contribution in [-0.2, 0) is 4.74 Å². The first-order valence-corrected chi connectivity index (χ1v) is 8.72. The zero-order chi connectivity index (χ0) is 17.5. The molecule has 3 heterocycles. The summed E-state index contributed by atoms with van der Waals surface area (Å²) in [6.45, 7) is 8.34. The van der Waals surface area contributed by atoms with Gasteiger partial charge in [-0.3, -0.25) is 4.90 Å². The minimum absolute atomic E-state index is 0.000602. The summed E-state index contributed by atoms with van der Waals surface area (Å²) in [7, 11) is 1.90. The zero-order valence-electron chi connectivity index (χ0n) is 14.8. The number of allylic oxidation sites excluding steroid dienone is 1. The van der Waals surface area contributed by atoms with E-state index in [0.29, 0.717) is 12.6 Å². The number of likely N-dealkylation sites (N-methyl/N-ethyl adjacent to an activating group) is 1. The normalized spacial score (nSPS) is 33.7. The first-order chi connectivity index (χ1) is 11.4. The predicted molar refractivity (Wildman–Crippen MR) is 91.2 cm³/mol. The number of aliphatic imine (C=N–C) groups is 1. The van der Waals surface area contributed by atoms with Gasteiger partial charge in [0, 0.05) is 13.1 Å². The number of amidine groups is 1. The van der Waals surface area contributed by atoms with E-state index in [1.807, 2.05) is 25.8 Å². The molecule has 0 aromatic rings. The van der Waals surface area contributed by atoms with Gasteiger partial charge in [0.25, 0.3) is 6.02 Å². The maximum absolute atomic E-state index is 13.7. The number of rotatable bonds is 4. The number of hydrogen-bond acceptors (Lipinski definition) is 4. The molecule has 0 spiro atoms. The lowest BCUT2D eigenvalue weighted by molar-refractivity contribution is 0.0662. The standard InChI is InChI=1S/C18H27F2N3O/c1-12-14(3)22(4)17(21-16(12)13(2)20)24-11-18-7-5-9-23(18)15(10-19)6-8-18/h14-15H,2,5-11H2,1,3-4H3/t14-,15?,18?/m0/s1. The van der Waals surface area contributed by atoms with Crippen LogP contribution < -0.4 is 0 Å². The maximum Gasteiger partial charge on any atom is 0.292 e. The zero-order valence-corrected chi connectivity index (χ0v) is 14.8. The summed E-state index contributed by atoms with van der Waals surface area (Å²) < 4.78 is 33.0. The van der Waals surface area contributed by atoms with E-state index in [4.69, 9.17) is 4.74 Å². The van der Waals surface area contributed by atoms with Gasteiger partial charge in [0.1, 0.15) is 24.8 Å². The van der Waals surface area contributed by atoms with E-state index in [1.165, 1.54) is 0 Å². The molecule has 0 radical (unpaired) electrons. The Kier molecular flexibility index (Phi) is 4.69. The lowest BCUT2D eigenvalue weighted by atomic mass is 9.95. The molecule has 3 rings (SSSR count). The predicted octanol–water partition coefficient (Wildman–Crippen LogP) is 3.42. The van der Waals surface area contributed by atoms with Gasteiger partial charge >= 0.3 is 0 Å². The fourth-order valence-electron chi connectivity index (χ4n) is 4.30. The highest BCUT2D eigenvalue weighted by molar-refractivity contribution is 5.78. The molecule has 0 amide bonds. The van der Waals surface area contributed by atoms with Gasteiger partial charge < -0.3 is 9.64 Å². The summed E-state index contributed by atoms with van der Waals surface area (Å²) in [6, 6.07) is 0.440. The van der Waals surface area contributed by atoms with Crippen molar-refractivity contribution in [3.63, 3.8) is 0 Å². The van der Waals surface area contributed by atoms with Gasteiger partial charge in [-0.25, -0.2) is 8.78 Å². The van der Waals surface area contributed by atoms with Crippen LogP contribution in [0.25, 0.3) is 0 Å². The maximum atomic E-state index is 13.7. The molecule has 0 bridgehead atoms. The fraction of sp³-hybridized carbons (Fsp3) is 0.722. The average Bonchev–Trinajstić information content (AvgIpc) is 3.10. The van der Waals surface area contributed by atoms with Gasteiger partial charge in [-0.2, -0.15) is 4.99 Å². The van der Waals surface area contributed by atoms with Crippen molar-refractivity contribution < 1.29 is 13.5 Å². The van der Waals surface area contributed by atoms with E-state index in [-0.39, 0.29) is 30.0 Å². The van der Waals surface area contributed by atoms with E-state index < -0.39 is 5.83 Å². The van der Waals surface area contributed by atoms with Crippen LogP contribution >= 0.6 is 0 Å². The Hall–Kier alpha value is -1.43. The minimum Gasteiger partial charge on any atom is -0.463 e. The van der Waals surface area contributed by atoms with E-state index >= 15 is 0 Å². The number of ether oxygens (including phenoxy) is 1. The molecule has 3 aliphatic heterocycles. The summed E-state index contributed by atoms with van der Waals surface area (Å²) in [5, 5.41) is 0. The molecule has 0 N–H and O–H groups in total. The summed E-state index contributed by atoms with van der Waals surface area (Å²) >= 11 is 0. The monoisotopic (exact) mass is 339 g/mol. The Morgan fingerprint density at radius 2 is 2.21 bits per heavy atom. The van der Waals surface area contributed by atoms with Crippen molar-refractivity contribution >= 4 is 6.02 Å². The first-order valence-electron chi connectivity index (χ1n) is 8.72. The highest BCUT2D eigenvalue weighted by atomic mass is 19.1. The number of nitrogens with zero attached hydrogens (tertiary/aromatic N) is 3. The number of hydrogen-bond donors (Lipinski definition) is 0. The molecule has 3 aliphatic rings. The molecular formula is C18H27F2N3O. The second kappa shape index (κ2) is 6.47. The van der Waals surface area contributed by atoms with Crippen molar-refractivity contribution in [2.24, 2.45) is 4.99 Å². The van der Waals surface area contributed by atoms with Crippen LogP contribution in [0.2, 0.25) is 0 Å². The van der Waals surface area contributed by atoms with Gasteiger partial charge in [0.15, 0.2) is 0 Å². The highest BCUT2D eigenvalue weighted by Gasteiger charge is 2.50.